The molecule has 6 heteroatoms. The number of carbonyl (C=O) groups is 1. The van der Waals surface area contributed by atoms with Gasteiger partial charge in [0.2, 0.25) is 0 Å². The smallest absolute Gasteiger partial charge is 0.317 e. The average Bonchev–Trinajstić information content (AvgIpc) is 2.96. The molecule has 0 aliphatic carbocycles. The SMILES string of the molecule is C[C@H](CNC(=O)N1C[C@H](O)[C@@H](N(C)C)C1)COCc1ccccc1. The summed E-state index contributed by atoms with van der Waals surface area (Å²) in [6.07, 6.45) is -0.489. The van der Waals surface area contributed by atoms with Gasteiger partial charge in [0.1, 0.15) is 0 Å². The van der Waals surface area contributed by atoms with E-state index in [4.69, 9.17) is 4.74 Å². The molecule has 1 aromatic carbocycles. The van der Waals surface area contributed by atoms with Crippen LogP contribution in [0.3, 0.4) is 0 Å². The number of hydrogen-bond acceptors (Lipinski definition) is 4. The minimum Gasteiger partial charge on any atom is -0.390 e. The van der Waals surface area contributed by atoms with Gasteiger partial charge in [0.15, 0.2) is 0 Å². The number of benzene rings is 1. The zero-order valence-electron chi connectivity index (χ0n) is 14.8. The molecule has 0 spiro atoms. The Morgan fingerprint density at radius 3 is 2.71 bits per heavy atom. The summed E-state index contributed by atoms with van der Waals surface area (Å²) in [7, 11) is 3.84. The number of ether oxygens (including phenoxy) is 1. The minimum absolute atomic E-state index is 0.00220. The lowest BCUT2D eigenvalue weighted by Gasteiger charge is -2.22. The van der Waals surface area contributed by atoms with Crippen LogP contribution >= 0.6 is 0 Å². The first-order valence-electron chi connectivity index (χ1n) is 8.46. The molecule has 2 N–H and O–H groups in total. The molecule has 1 saturated heterocycles. The predicted molar refractivity (Wildman–Crippen MR) is 93.7 cm³/mol. The maximum absolute atomic E-state index is 12.2. The van der Waals surface area contributed by atoms with Gasteiger partial charge in [-0.1, -0.05) is 37.3 Å². The van der Waals surface area contributed by atoms with Crippen LogP contribution in [0.25, 0.3) is 0 Å². The van der Waals surface area contributed by atoms with Crippen molar-refractivity contribution < 1.29 is 14.6 Å². The van der Waals surface area contributed by atoms with Gasteiger partial charge in [-0.25, -0.2) is 4.79 Å². The van der Waals surface area contributed by atoms with Crippen LogP contribution in [0.5, 0.6) is 0 Å². The van der Waals surface area contributed by atoms with Crippen molar-refractivity contribution >= 4 is 6.03 Å². The van der Waals surface area contributed by atoms with Crippen LogP contribution in [0.2, 0.25) is 0 Å². The summed E-state index contributed by atoms with van der Waals surface area (Å²) in [5.74, 6) is 0.231. The maximum Gasteiger partial charge on any atom is 0.317 e. The lowest BCUT2D eigenvalue weighted by atomic mass is 10.2. The van der Waals surface area contributed by atoms with Crippen molar-refractivity contribution in [3.63, 3.8) is 0 Å². The molecule has 3 atom stereocenters. The Bertz CT molecular complexity index is 509. The minimum atomic E-state index is -0.489. The van der Waals surface area contributed by atoms with E-state index in [1.807, 2.05) is 56.3 Å². The van der Waals surface area contributed by atoms with Crippen molar-refractivity contribution in [2.24, 2.45) is 5.92 Å². The van der Waals surface area contributed by atoms with Crippen LogP contribution in [0, 0.1) is 5.92 Å². The van der Waals surface area contributed by atoms with Crippen molar-refractivity contribution in [1.29, 1.82) is 0 Å². The number of aliphatic hydroxyl groups excluding tert-OH is 1. The summed E-state index contributed by atoms with van der Waals surface area (Å²) >= 11 is 0. The first-order valence-corrected chi connectivity index (χ1v) is 8.46. The number of nitrogens with zero attached hydrogens (tertiary/aromatic N) is 2. The summed E-state index contributed by atoms with van der Waals surface area (Å²) < 4.78 is 5.69. The van der Waals surface area contributed by atoms with Crippen LogP contribution in [-0.4, -0.2) is 73.4 Å². The molecule has 0 radical (unpaired) electrons. The Kier molecular flexibility index (Phi) is 7.02. The van der Waals surface area contributed by atoms with Gasteiger partial charge in [0, 0.05) is 19.6 Å². The van der Waals surface area contributed by atoms with Crippen molar-refractivity contribution in [2.45, 2.75) is 25.7 Å². The van der Waals surface area contributed by atoms with Crippen LogP contribution in [0.4, 0.5) is 4.79 Å². The molecule has 2 amide bonds. The number of likely N-dealkylation sites (N-methyl/N-ethyl adjacent to an activating group) is 1. The van der Waals surface area contributed by atoms with Crippen LogP contribution in [-0.2, 0) is 11.3 Å². The van der Waals surface area contributed by atoms with Gasteiger partial charge >= 0.3 is 6.03 Å². The molecular weight excluding hydrogens is 306 g/mol. The van der Waals surface area contributed by atoms with Gasteiger partial charge in [-0.3, -0.25) is 0 Å². The summed E-state index contributed by atoms with van der Waals surface area (Å²) in [6.45, 7) is 4.73. The number of hydrogen-bond donors (Lipinski definition) is 2. The number of carbonyl (C=O) groups excluding carboxylic acids is 1. The molecule has 0 bridgehead atoms. The number of urea groups is 1. The topological polar surface area (TPSA) is 65.0 Å². The Balaban J connectivity index is 1.64. The van der Waals surface area contributed by atoms with Crippen LogP contribution in [0.1, 0.15) is 12.5 Å². The molecule has 2 rings (SSSR count). The molecule has 1 heterocycles. The molecule has 0 unspecified atom stereocenters. The fourth-order valence-electron chi connectivity index (χ4n) is 2.83. The average molecular weight is 335 g/mol. The summed E-state index contributed by atoms with van der Waals surface area (Å²) in [4.78, 5) is 15.8. The Morgan fingerprint density at radius 1 is 1.38 bits per heavy atom. The van der Waals surface area contributed by atoms with Crippen molar-refractivity contribution in [1.82, 2.24) is 15.1 Å². The predicted octanol–water partition coefficient (Wildman–Crippen LogP) is 1.16. The third-order valence-corrected chi connectivity index (χ3v) is 4.33. The van der Waals surface area contributed by atoms with E-state index in [9.17, 15) is 9.90 Å². The zero-order chi connectivity index (χ0) is 17.5. The lowest BCUT2D eigenvalue weighted by Crippen LogP contribution is -2.42. The molecule has 24 heavy (non-hydrogen) atoms. The molecule has 134 valence electrons. The van der Waals surface area contributed by atoms with Crippen molar-refractivity contribution in [2.75, 3.05) is 40.3 Å². The number of β-amino-alcohol motifs (C(OH)–C–C–N with tert-alkyl or cyclic N) is 1. The van der Waals surface area contributed by atoms with Gasteiger partial charge in [-0.15, -0.1) is 0 Å². The van der Waals surface area contributed by atoms with E-state index in [2.05, 4.69) is 5.32 Å². The number of aliphatic hydroxyl groups is 1. The fourth-order valence-corrected chi connectivity index (χ4v) is 2.83. The molecule has 0 saturated carbocycles. The standard InChI is InChI=1S/C18H29N3O3/c1-14(12-24-13-15-7-5-4-6-8-15)9-19-18(23)21-10-16(20(2)3)17(22)11-21/h4-8,14,16-17,22H,9-13H2,1-3H3,(H,19,23)/t14-,16+,17+/m1/s1. The number of nitrogens with one attached hydrogen (secondary N) is 1. The number of amides is 2. The van der Waals surface area contributed by atoms with E-state index in [0.717, 1.165) is 5.56 Å². The monoisotopic (exact) mass is 335 g/mol. The maximum atomic E-state index is 12.2. The molecule has 6 nitrogen and oxygen atoms in total. The highest BCUT2D eigenvalue weighted by atomic mass is 16.5. The first kappa shape index (κ1) is 18.7. The number of likely N-dealkylation sites (tertiary alicyclic amines) is 1. The van der Waals surface area contributed by atoms with Gasteiger partial charge in [0.05, 0.1) is 25.4 Å². The molecule has 0 aromatic heterocycles. The van der Waals surface area contributed by atoms with Crippen molar-refractivity contribution in [3.05, 3.63) is 35.9 Å². The Labute approximate surface area is 144 Å². The normalized spacial score (nSPS) is 22.0. The largest absolute Gasteiger partial charge is 0.390 e. The third-order valence-electron chi connectivity index (χ3n) is 4.33. The van der Waals surface area contributed by atoms with Gasteiger partial charge < -0.3 is 25.0 Å². The van der Waals surface area contributed by atoms with Gasteiger partial charge in [-0.05, 0) is 25.6 Å². The van der Waals surface area contributed by atoms with E-state index in [1.54, 1.807) is 4.90 Å². The first-order chi connectivity index (χ1) is 11.5. The Hall–Kier alpha value is -1.63. The molecular formula is C18H29N3O3. The highest BCUT2D eigenvalue weighted by Crippen LogP contribution is 2.14. The highest BCUT2D eigenvalue weighted by Gasteiger charge is 2.35. The number of rotatable bonds is 7. The highest BCUT2D eigenvalue weighted by molar-refractivity contribution is 5.74. The van der Waals surface area contributed by atoms with E-state index in [-0.39, 0.29) is 18.0 Å². The van der Waals surface area contributed by atoms with Crippen molar-refractivity contribution in [3.8, 4) is 0 Å². The van der Waals surface area contributed by atoms with Crippen LogP contribution in [0.15, 0.2) is 30.3 Å². The Morgan fingerprint density at radius 2 is 2.08 bits per heavy atom. The van der Waals surface area contributed by atoms with E-state index in [0.29, 0.717) is 32.8 Å². The lowest BCUT2D eigenvalue weighted by molar-refractivity contribution is 0.0917. The molecule has 1 aliphatic rings. The van der Waals surface area contributed by atoms with Crippen LogP contribution < -0.4 is 5.32 Å². The van der Waals surface area contributed by atoms with Gasteiger partial charge in [-0.2, -0.15) is 0 Å². The second-order valence-electron chi connectivity index (χ2n) is 6.80. The molecule has 1 fully saturated rings. The van der Waals surface area contributed by atoms with Gasteiger partial charge in [0.25, 0.3) is 0 Å². The summed E-state index contributed by atoms with van der Waals surface area (Å²) in [6, 6.07) is 9.92. The fraction of sp³-hybridized carbons (Fsp3) is 0.611. The third kappa shape index (κ3) is 5.47. The quantitative estimate of drug-likeness (QED) is 0.785. The second kappa shape index (κ2) is 9.01. The van der Waals surface area contributed by atoms with E-state index < -0.39 is 6.10 Å². The van der Waals surface area contributed by atoms with E-state index in [1.165, 1.54) is 0 Å². The molecule has 1 aromatic rings. The molecule has 1 aliphatic heterocycles. The second-order valence-corrected chi connectivity index (χ2v) is 6.80. The summed E-state index contributed by atoms with van der Waals surface area (Å²) in [5, 5.41) is 12.9. The van der Waals surface area contributed by atoms with E-state index >= 15 is 0 Å². The summed E-state index contributed by atoms with van der Waals surface area (Å²) in [5.41, 5.74) is 1.15. The zero-order valence-corrected chi connectivity index (χ0v) is 14.8.